The topological polar surface area (TPSA) is 56.5 Å². The van der Waals surface area contributed by atoms with E-state index in [1.807, 2.05) is 12.1 Å². The van der Waals surface area contributed by atoms with Crippen LogP contribution in [-0.4, -0.2) is 41.9 Å². The second kappa shape index (κ2) is 6.97. The normalized spacial score (nSPS) is 29.4. The van der Waals surface area contributed by atoms with E-state index < -0.39 is 0 Å². The first-order valence-electron chi connectivity index (χ1n) is 7.87. The van der Waals surface area contributed by atoms with E-state index in [0.717, 1.165) is 37.9 Å². The molecule has 118 valence electrons. The summed E-state index contributed by atoms with van der Waals surface area (Å²) in [7, 11) is 0. The van der Waals surface area contributed by atoms with Crippen LogP contribution in [0, 0.1) is 17.2 Å². The lowest BCUT2D eigenvalue weighted by Gasteiger charge is -2.37. The lowest BCUT2D eigenvalue weighted by atomic mass is 9.89. The summed E-state index contributed by atoms with van der Waals surface area (Å²) in [6.45, 7) is 3.02. The minimum Gasteiger partial charge on any atom is -0.393 e. The first-order valence-corrected chi connectivity index (χ1v) is 8.25. The van der Waals surface area contributed by atoms with Crippen molar-refractivity contribution in [3.05, 3.63) is 34.3 Å². The van der Waals surface area contributed by atoms with Gasteiger partial charge in [0.1, 0.15) is 0 Å². The minimum atomic E-state index is -0.278. The van der Waals surface area contributed by atoms with Gasteiger partial charge in [0.25, 0.3) is 0 Å². The number of hydrogen-bond donors (Lipinski definition) is 1. The predicted molar refractivity (Wildman–Crippen MR) is 84.5 cm³/mol. The fourth-order valence-electron chi connectivity index (χ4n) is 3.66. The molecule has 2 aliphatic rings. The van der Waals surface area contributed by atoms with Crippen molar-refractivity contribution in [3.63, 3.8) is 0 Å². The molecule has 0 saturated carbocycles. The molecular weight excluding hydrogens is 300 g/mol. The van der Waals surface area contributed by atoms with Crippen molar-refractivity contribution >= 4 is 11.6 Å². The third kappa shape index (κ3) is 3.28. The minimum absolute atomic E-state index is 0.175. The van der Waals surface area contributed by atoms with Crippen LogP contribution < -0.4 is 0 Å². The Labute approximate surface area is 136 Å². The van der Waals surface area contributed by atoms with Gasteiger partial charge in [0.2, 0.25) is 0 Å². The zero-order valence-electron chi connectivity index (χ0n) is 12.5. The molecule has 0 aliphatic carbocycles. The van der Waals surface area contributed by atoms with Crippen molar-refractivity contribution < 1.29 is 9.84 Å². The van der Waals surface area contributed by atoms with Crippen molar-refractivity contribution in [1.29, 1.82) is 5.26 Å². The van der Waals surface area contributed by atoms with Crippen molar-refractivity contribution in [2.45, 2.75) is 38.0 Å². The maximum absolute atomic E-state index is 10.3. The molecule has 3 atom stereocenters. The molecule has 1 N–H and O–H groups in total. The van der Waals surface area contributed by atoms with Crippen molar-refractivity contribution in [3.8, 4) is 6.07 Å². The van der Waals surface area contributed by atoms with E-state index in [2.05, 4.69) is 11.0 Å². The molecule has 0 spiro atoms. The van der Waals surface area contributed by atoms with Crippen LogP contribution in [-0.2, 0) is 11.3 Å². The molecule has 2 fully saturated rings. The second-order valence-electron chi connectivity index (χ2n) is 6.19. The Kier molecular flexibility index (Phi) is 5.00. The van der Waals surface area contributed by atoms with Crippen molar-refractivity contribution in [2.75, 3.05) is 19.8 Å². The average Bonchev–Trinajstić information content (AvgIpc) is 2.97. The van der Waals surface area contributed by atoms with Gasteiger partial charge in [0.05, 0.1) is 24.3 Å². The van der Waals surface area contributed by atoms with Crippen LogP contribution in [0.4, 0.5) is 0 Å². The number of aliphatic hydroxyl groups is 1. The highest BCUT2D eigenvalue weighted by Crippen LogP contribution is 2.31. The highest BCUT2D eigenvalue weighted by atomic mass is 35.5. The third-order valence-corrected chi connectivity index (χ3v) is 5.07. The summed E-state index contributed by atoms with van der Waals surface area (Å²) in [6, 6.07) is 8.05. The second-order valence-corrected chi connectivity index (χ2v) is 6.62. The van der Waals surface area contributed by atoms with E-state index in [1.165, 1.54) is 0 Å². The number of nitrogens with zero attached hydrogens (tertiary/aromatic N) is 2. The first kappa shape index (κ1) is 15.8. The Morgan fingerprint density at radius 1 is 1.41 bits per heavy atom. The molecule has 0 unspecified atom stereocenters. The van der Waals surface area contributed by atoms with E-state index in [0.29, 0.717) is 29.8 Å². The molecule has 2 heterocycles. The summed E-state index contributed by atoms with van der Waals surface area (Å²) in [5.41, 5.74) is 1.64. The fourth-order valence-corrected chi connectivity index (χ4v) is 3.83. The SMILES string of the molecule is N#Cc1cc(Cl)ccc1CN1CCC[C@@H]1[C@@H]1COCC[C@@H]1O. The van der Waals surface area contributed by atoms with Gasteiger partial charge in [-0.1, -0.05) is 17.7 Å². The van der Waals surface area contributed by atoms with Gasteiger partial charge in [0.15, 0.2) is 0 Å². The molecule has 4 nitrogen and oxygen atoms in total. The first-order chi connectivity index (χ1) is 10.7. The summed E-state index contributed by atoms with van der Waals surface area (Å²) < 4.78 is 5.57. The van der Waals surface area contributed by atoms with Crippen LogP contribution in [0.2, 0.25) is 5.02 Å². The summed E-state index contributed by atoms with van der Waals surface area (Å²) in [5, 5.41) is 20.2. The number of ether oxygens (including phenoxy) is 1. The largest absolute Gasteiger partial charge is 0.393 e. The van der Waals surface area contributed by atoms with Gasteiger partial charge in [-0.05, 0) is 43.5 Å². The molecule has 2 aliphatic heterocycles. The zero-order chi connectivity index (χ0) is 15.5. The van der Waals surface area contributed by atoms with E-state index in [9.17, 15) is 10.4 Å². The van der Waals surface area contributed by atoms with Crippen LogP contribution in [0.25, 0.3) is 0 Å². The molecule has 0 radical (unpaired) electrons. The van der Waals surface area contributed by atoms with E-state index >= 15 is 0 Å². The average molecular weight is 321 g/mol. The van der Waals surface area contributed by atoms with Crippen molar-refractivity contribution in [1.82, 2.24) is 4.90 Å². The molecule has 5 heteroatoms. The molecule has 0 aromatic heterocycles. The summed E-state index contributed by atoms with van der Waals surface area (Å²) in [4.78, 5) is 2.38. The molecule has 22 heavy (non-hydrogen) atoms. The number of rotatable bonds is 3. The lowest BCUT2D eigenvalue weighted by Crippen LogP contribution is -2.45. The van der Waals surface area contributed by atoms with Gasteiger partial charge in [-0.25, -0.2) is 0 Å². The number of aliphatic hydroxyl groups excluding tert-OH is 1. The fraction of sp³-hybridized carbons (Fsp3) is 0.588. The maximum atomic E-state index is 10.3. The maximum Gasteiger partial charge on any atom is 0.0995 e. The molecular formula is C17H21ClN2O2. The van der Waals surface area contributed by atoms with Gasteiger partial charge in [0, 0.05) is 30.1 Å². The Hall–Kier alpha value is -1.12. The summed E-state index contributed by atoms with van der Waals surface area (Å²) >= 11 is 5.97. The Balaban J connectivity index is 1.75. The lowest BCUT2D eigenvalue weighted by molar-refractivity contribution is -0.0636. The highest BCUT2D eigenvalue weighted by molar-refractivity contribution is 6.30. The van der Waals surface area contributed by atoms with Gasteiger partial charge in [-0.3, -0.25) is 4.90 Å². The van der Waals surface area contributed by atoms with Crippen LogP contribution in [0.1, 0.15) is 30.4 Å². The smallest absolute Gasteiger partial charge is 0.0995 e. The van der Waals surface area contributed by atoms with Gasteiger partial charge in [-0.15, -0.1) is 0 Å². The molecule has 3 rings (SSSR count). The number of halogens is 1. The molecule has 1 aromatic rings. The number of benzene rings is 1. The standard InChI is InChI=1S/C17H21ClN2O2/c18-14-4-3-12(13(8-14)9-19)10-20-6-1-2-16(20)15-11-22-7-5-17(15)21/h3-4,8,15-17,21H,1-2,5-7,10-11H2/t15-,16+,17-/m0/s1. The highest BCUT2D eigenvalue weighted by Gasteiger charge is 2.37. The van der Waals surface area contributed by atoms with Crippen LogP contribution >= 0.6 is 11.6 Å². The summed E-state index contributed by atoms with van der Waals surface area (Å²) in [6.07, 6.45) is 2.66. The van der Waals surface area contributed by atoms with E-state index in [1.54, 1.807) is 6.07 Å². The quantitative estimate of drug-likeness (QED) is 0.930. The molecule has 2 saturated heterocycles. The van der Waals surface area contributed by atoms with Gasteiger partial charge >= 0.3 is 0 Å². The Morgan fingerprint density at radius 3 is 3.05 bits per heavy atom. The molecule has 0 bridgehead atoms. The molecule has 1 aromatic carbocycles. The third-order valence-electron chi connectivity index (χ3n) is 4.84. The zero-order valence-corrected chi connectivity index (χ0v) is 13.3. The Bertz CT molecular complexity index is 572. The van der Waals surface area contributed by atoms with E-state index in [4.69, 9.17) is 16.3 Å². The van der Waals surface area contributed by atoms with Crippen LogP contribution in [0.5, 0.6) is 0 Å². The predicted octanol–water partition coefficient (Wildman–Crippen LogP) is 2.57. The monoisotopic (exact) mass is 320 g/mol. The van der Waals surface area contributed by atoms with Crippen LogP contribution in [0.15, 0.2) is 18.2 Å². The molecule has 0 amide bonds. The summed E-state index contributed by atoms with van der Waals surface area (Å²) in [5.74, 6) is 0.175. The van der Waals surface area contributed by atoms with Gasteiger partial charge in [-0.2, -0.15) is 5.26 Å². The van der Waals surface area contributed by atoms with Crippen LogP contribution in [0.3, 0.4) is 0 Å². The number of likely N-dealkylation sites (tertiary alicyclic amines) is 1. The number of hydrogen-bond acceptors (Lipinski definition) is 4. The Morgan fingerprint density at radius 2 is 2.27 bits per heavy atom. The van der Waals surface area contributed by atoms with E-state index in [-0.39, 0.29) is 12.0 Å². The van der Waals surface area contributed by atoms with Gasteiger partial charge < -0.3 is 9.84 Å². The van der Waals surface area contributed by atoms with Crippen molar-refractivity contribution in [2.24, 2.45) is 5.92 Å². The number of nitriles is 1.